The monoisotopic (exact) mass is 535 g/mol. The Labute approximate surface area is 210 Å². The van der Waals surface area contributed by atoms with Gasteiger partial charge in [-0.15, -0.1) is 5.10 Å². The van der Waals surface area contributed by atoms with E-state index in [1.54, 1.807) is 22.8 Å². The molecule has 0 aliphatic carbocycles. The first-order valence-corrected chi connectivity index (χ1v) is 13.6. The minimum Gasteiger partial charge on any atom is -0.296 e. The summed E-state index contributed by atoms with van der Waals surface area (Å²) in [4.78, 5) is 17.9. The van der Waals surface area contributed by atoms with Crippen molar-refractivity contribution in [2.24, 2.45) is 0 Å². The van der Waals surface area contributed by atoms with E-state index in [1.807, 2.05) is 12.1 Å². The van der Waals surface area contributed by atoms with Gasteiger partial charge < -0.3 is 0 Å². The predicted octanol–water partition coefficient (Wildman–Crippen LogP) is 5.19. The molecule has 3 heterocycles. The average Bonchev–Trinajstić information content (AvgIpc) is 3.39. The second-order valence-corrected chi connectivity index (χ2v) is 11.5. The number of rotatable bonds is 5. The quantitative estimate of drug-likeness (QED) is 0.379. The molecule has 34 heavy (non-hydrogen) atoms. The fourth-order valence-electron chi connectivity index (χ4n) is 3.77. The van der Waals surface area contributed by atoms with Crippen molar-refractivity contribution < 1.29 is 13.2 Å². The smallest absolute Gasteiger partial charge is 0.257 e. The summed E-state index contributed by atoms with van der Waals surface area (Å²) in [6.45, 7) is 0.901. The van der Waals surface area contributed by atoms with Crippen LogP contribution in [0.2, 0.25) is 10.0 Å². The number of nitrogens with one attached hydrogen (secondary N) is 1. The van der Waals surface area contributed by atoms with Crippen molar-refractivity contribution in [3.05, 3.63) is 64.3 Å². The normalized spacial score (nSPS) is 15.0. The number of amides is 1. The molecule has 1 fully saturated rings. The third-order valence-electron chi connectivity index (χ3n) is 5.53. The van der Waals surface area contributed by atoms with E-state index in [9.17, 15) is 13.2 Å². The van der Waals surface area contributed by atoms with Gasteiger partial charge in [0, 0.05) is 29.2 Å². The molecular weight excluding hydrogens is 517 g/mol. The summed E-state index contributed by atoms with van der Waals surface area (Å²) in [5.41, 5.74) is 1.81. The number of hydrogen-bond acceptors (Lipinski definition) is 6. The molecular formula is C22H19Cl2N5O3S2. The number of nitrogens with zero attached hydrogens (tertiary/aromatic N) is 4. The van der Waals surface area contributed by atoms with Crippen molar-refractivity contribution in [3.8, 4) is 11.3 Å². The third-order valence-corrected chi connectivity index (χ3v) is 9.00. The van der Waals surface area contributed by atoms with Crippen LogP contribution in [0.4, 0.5) is 5.13 Å². The molecule has 0 spiro atoms. The number of carbonyl (C=O) groups excluding carboxylic acids is 1. The van der Waals surface area contributed by atoms with Gasteiger partial charge in [-0.1, -0.05) is 53.1 Å². The Morgan fingerprint density at radius 2 is 1.76 bits per heavy atom. The van der Waals surface area contributed by atoms with Gasteiger partial charge in [-0.2, -0.15) is 4.31 Å². The largest absolute Gasteiger partial charge is 0.296 e. The van der Waals surface area contributed by atoms with E-state index in [0.717, 1.165) is 30.5 Å². The van der Waals surface area contributed by atoms with E-state index >= 15 is 0 Å². The van der Waals surface area contributed by atoms with Crippen LogP contribution in [-0.2, 0) is 10.0 Å². The number of carbonyl (C=O) groups is 1. The molecule has 1 aliphatic heterocycles. The van der Waals surface area contributed by atoms with Crippen LogP contribution in [-0.4, -0.2) is 46.3 Å². The summed E-state index contributed by atoms with van der Waals surface area (Å²) in [6.07, 6.45) is 4.38. The number of imidazole rings is 1. The maximum absolute atomic E-state index is 13.1. The molecule has 1 amide bonds. The molecule has 0 saturated carbocycles. The van der Waals surface area contributed by atoms with Crippen molar-refractivity contribution in [1.82, 2.24) is 18.9 Å². The lowest BCUT2D eigenvalue weighted by Gasteiger charge is -2.26. The lowest BCUT2D eigenvalue weighted by Crippen LogP contribution is -2.35. The number of sulfonamides is 1. The summed E-state index contributed by atoms with van der Waals surface area (Å²) in [7, 11) is -3.78. The molecule has 1 N–H and O–H groups in total. The number of anilines is 1. The maximum Gasteiger partial charge on any atom is 0.257 e. The van der Waals surface area contributed by atoms with E-state index in [4.69, 9.17) is 23.2 Å². The van der Waals surface area contributed by atoms with E-state index in [2.05, 4.69) is 15.4 Å². The number of fused-ring (bicyclic) bond motifs is 1. The van der Waals surface area contributed by atoms with E-state index < -0.39 is 15.9 Å². The molecule has 12 heteroatoms. The molecule has 1 aliphatic rings. The van der Waals surface area contributed by atoms with Gasteiger partial charge in [0.25, 0.3) is 5.91 Å². The molecule has 176 valence electrons. The standard InChI is InChI=1S/C22H19Cl2N5O3S2/c23-16-7-4-14(5-8-16)18-13-29-22(25-18)33-21(27-29)26-20(30)15-6-9-17(24)19(12-15)34(31,32)28-10-2-1-3-11-28/h4-9,12-13H,1-3,10-11H2,(H,26,27,30). The Balaban J connectivity index is 1.36. The molecule has 0 radical (unpaired) electrons. The molecule has 4 aromatic rings. The van der Waals surface area contributed by atoms with Crippen LogP contribution in [0.15, 0.2) is 53.6 Å². The molecule has 0 unspecified atom stereocenters. The fourth-order valence-corrected chi connectivity index (χ4v) is 6.69. The molecule has 8 nitrogen and oxygen atoms in total. The van der Waals surface area contributed by atoms with Crippen LogP contribution >= 0.6 is 34.5 Å². The topological polar surface area (TPSA) is 96.7 Å². The molecule has 5 rings (SSSR count). The van der Waals surface area contributed by atoms with E-state index in [1.165, 1.54) is 33.8 Å². The zero-order chi connectivity index (χ0) is 23.9. The predicted molar refractivity (Wildman–Crippen MR) is 133 cm³/mol. The first kappa shape index (κ1) is 23.3. The summed E-state index contributed by atoms with van der Waals surface area (Å²) >= 11 is 13.4. The van der Waals surface area contributed by atoms with Crippen molar-refractivity contribution in [2.75, 3.05) is 18.4 Å². The highest BCUT2D eigenvalue weighted by molar-refractivity contribution is 7.89. The van der Waals surface area contributed by atoms with Gasteiger partial charge in [-0.25, -0.2) is 17.9 Å². The van der Waals surface area contributed by atoms with Crippen LogP contribution < -0.4 is 5.32 Å². The highest BCUT2D eigenvalue weighted by atomic mass is 35.5. The Hall–Kier alpha value is -2.50. The first-order valence-electron chi connectivity index (χ1n) is 10.5. The van der Waals surface area contributed by atoms with E-state index in [-0.39, 0.29) is 15.5 Å². The molecule has 0 atom stereocenters. The Kier molecular flexibility index (Phi) is 6.34. The fraction of sp³-hybridized carbons (Fsp3) is 0.227. The Bertz CT molecular complexity index is 1440. The molecule has 2 aromatic heterocycles. The van der Waals surface area contributed by atoms with Crippen LogP contribution in [0.1, 0.15) is 29.6 Å². The SMILES string of the molecule is O=C(Nc1nn2cc(-c3ccc(Cl)cc3)nc2s1)c1ccc(Cl)c(S(=O)(=O)N2CCCCC2)c1. The van der Waals surface area contributed by atoms with Gasteiger partial charge in [-0.05, 0) is 43.2 Å². The Morgan fingerprint density at radius 1 is 1.03 bits per heavy atom. The minimum atomic E-state index is -3.78. The van der Waals surface area contributed by atoms with Gasteiger partial charge in [-0.3, -0.25) is 10.1 Å². The first-order chi connectivity index (χ1) is 16.3. The zero-order valence-corrected chi connectivity index (χ0v) is 20.9. The maximum atomic E-state index is 13.1. The van der Waals surface area contributed by atoms with Gasteiger partial charge in [0.05, 0.1) is 16.9 Å². The zero-order valence-electron chi connectivity index (χ0n) is 17.7. The highest BCUT2D eigenvalue weighted by Gasteiger charge is 2.29. The van der Waals surface area contributed by atoms with Crippen molar-refractivity contribution in [2.45, 2.75) is 24.2 Å². The van der Waals surface area contributed by atoms with Gasteiger partial charge >= 0.3 is 0 Å². The second-order valence-electron chi connectivity index (χ2n) is 7.83. The number of halogens is 2. The number of piperidine rings is 1. The van der Waals surface area contributed by atoms with Gasteiger partial charge in [0.1, 0.15) is 4.90 Å². The molecule has 0 bridgehead atoms. The minimum absolute atomic E-state index is 0.0646. The molecule has 1 saturated heterocycles. The number of aromatic nitrogens is 3. The summed E-state index contributed by atoms with van der Waals surface area (Å²) in [5, 5.41) is 8.15. The lowest BCUT2D eigenvalue weighted by atomic mass is 10.2. The highest BCUT2D eigenvalue weighted by Crippen LogP contribution is 2.29. The van der Waals surface area contributed by atoms with Crippen molar-refractivity contribution in [3.63, 3.8) is 0 Å². The van der Waals surface area contributed by atoms with Crippen molar-refractivity contribution >= 4 is 60.6 Å². The van der Waals surface area contributed by atoms with Crippen LogP contribution in [0.25, 0.3) is 16.2 Å². The molecule has 2 aromatic carbocycles. The van der Waals surface area contributed by atoms with Crippen LogP contribution in [0.3, 0.4) is 0 Å². The van der Waals surface area contributed by atoms with E-state index in [0.29, 0.717) is 28.2 Å². The third kappa shape index (κ3) is 4.56. The lowest BCUT2D eigenvalue weighted by molar-refractivity contribution is 0.102. The van der Waals surface area contributed by atoms with Crippen LogP contribution in [0.5, 0.6) is 0 Å². The van der Waals surface area contributed by atoms with Crippen molar-refractivity contribution in [1.29, 1.82) is 0 Å². The summed E-state index contributed by atoms with van der Waals surface area (Å²) in [5.74, 6) is -0.485. The van der Waals surface area contributed by atoms with Gasteiger partial charge in [0.15, 0.2) is 0 Å². The van der Waals surface area contributed by atoms with Crippen LogP contribution in [0, 0.1) is 0 Å². The summed E-state index contributed by atoms with van der Waals surface area (Å²) in [6, 6.07) is 11.6. The second kappa shape index (κ2) is 9.27. The Morgan fingerprint density at radius 3 is 2.47 bits per heavy atom. The van der Waals surface area contributed by atoms with Gasteiger partial charge in [0.2, 0.25) is 20.1 Å². The number of hydrogen-bond donors (Lipinski definition) is 1. The average molecular weight is 536 g/mol. The summed E-state index contributed by atoms with van der Waals surface area (Å²) < 4.78 is 29.1. The number of benzene rings is 2.